The summed E-state index contributed by atoms with van der Waals surface area (Å²) in [6, 6.07) is 28.4. The number of para-hydroxylation sites is 2. The molecule has 5 heteroatoms. The maximum atomic E-state index is 11.6. The molecule has 0 saturated carbocycles. The number of benzene rings is 4. The van der Waals surface area contributed by atoms with Gasteiger partial charge in [0.05, 0.1) is 0 Å². The normalized spacial score (nSPS) is 11.6. The Kier molecular flexibility index (Phi) is 5.12. The third-order valence-electron chi connectivity index (χ3n) is 6.70. The summed E-state index contributed by atoms with van der Waals surface area (Å²) in [5, 5.41) is 3.39. The Bertz CT molecular complexity index is 1720. The van der Waals surface area contributed by atoms with Crippen LogP contribution < -0.4 is 11.5 Å². The summed E-state index contributed by atoms with van der Waals surface area (Å²) in [6.45, 7) is 0.546. The van der Waals surface area contributed by atoms with Crippen molar-refractivity contribution in [3.63, 3.8) is 0 Å². The molecular formula is C30H25N3O2. The fourth-order valence-corrected chi connectivity index (χ4v) is 5.06. The van der Waals surface area contributed by atoms with Crippen LogP contribution in [-0.4, -0.2) is 17.4 Å². The minimum atomic E-state index is -0.421. The Morgan fingerprint density at radius 2 is 1.69 bits per heavy atom. The highest BCUT2D eigenvalue weighted by molar-refractivity contribution is 6.10. The number of primary amides is 1. The number of fused-ring (bicyclic) bond motifs is 4. The first kappa shape index (κ1) is 21.2. The number of aromatic amines is 1. The van der Waals surface area contributed by atoms with E-state index in [4.69, 9.17) is 15.9 Å². The fraction of sp³-hybridized carbons (Fsp3) is 0.100. The van der Waals surface area contributed by atoms with Crippen LogP contribution in [0.5, 0.6) is 0 Å². The number of nitrogens with two attached hydrogens (primary N) is 2. The third-order valence-corrected chi connectivity index (χ3v) is 6.70. The average molecular weight is 460 g/mol. The molecule has 5 nitrogen and oxygen atoms in total. The maximum absolute atomic E-state index is 11.6. The van der Waals surface area contributed by atoms with Crippen LogP contribution in [0.3, 0.4) is 0 Å². The van der Waals surface area contributed by atoms with Gasteiger partial charge in [-0.05, 0) is 60.0 Å². The van der Waals surface area contributed by atoms with Gasteiger partial charge in [-0.15, -0.1) is 0 Å². The number of H-pyrrole nitrogens is 1. The van der Waals surface area contributed by atoms with Gasteiger partial charge < -0.3 is 20.9 Å². The first-order valence-electron chi connectivity index (χ1n) is 11.8. The lowest BCUT2D eigenvalue weighted by molar-refractivity contribution is 0.1000. The zero-order valence-corrected chi connectivity index (χ0v) is 19.2. The van der Waals surface area contributed by atoms with E-state index in [0.717, 1.165) is 61.6 Å². The van der Waals surface area contributed by atoms with E-state index < -0.39 is 5.91 Å². The number of nitrogens with one attached hydrogen (secondary N) is 1. The lowest BCUT2D eigenvalue weighted by atomic mass is 9.97. The number of furan rings is 1. The lowest BCUT2D eigenvalue weighted by Crippen LogP contribution is -2.11. The summed E-state index contributed by atoms with van der Waals surface area (Å²) in [4.78, 5) is 15.2. The molecule has 172 valence electrons. The van der Waals surface area contributed by atoms with Gasteiger partial charge in [0.2, 0.25) is 5.91 Å². The Morgan fingerprint density at radius 3 is 2.54 bits per heavy atom. The van der Waals surface area contributed by atoms with Gasteiger partial charge >= 0.3 is 0 Å². The van der Waals surface area contributed by atoms with Crippen LogP contribution in [0.4, 0.5) is 0 Å². The molecule has 0 atom stereocenters. The highest BCUT2D eigenvalue weighted by Gasteiger charge is 2.16. The SMILES string of the molecule is NCCc1c(Cc2cccc(C(N)=O)c2)[nH]c2ccc(-c3cccc4c3oc3ccccc34)cc12. The van der Waals surface area contributed by atoms with Crippen molar-refractivity contribution in [3.05, 3.63) is 107 Å². The average Bonchev–Trinajstić information content (AvgIpc) is 3.42. The molecule has 2 heterocycles. The summed E-state index contributed by atoms with van der Waals surface area (Å²) in [6.07, 6.45) is 1.42. The molecule has 6 rings (SSSR count). The topological polar surface area (TPSA) is 98.0 Å². The monoisotopic (exact) mass is 459 g/mol. The molecule has 0 saturated heterocycles. The smallest absolute Gasteiger partial charge is 0.248 e. The molecule has 0 radical (unpaired) electrons. The zero-order chi connectivity index (χ0) is 23.9. The van der Waals surface area contributed by atoms with Gasteiger partial charge in [0.1, 0.15) is 11.2 Å². The molecule has 0 aliphatic heterocycles. The Morgan fingerprint density at radius 1 is 0.857 bits per heavy atom. The van der Waals surface area contributed by atoms with Gasteiger partial charge in [-0.3, -0.25) is 4.79 Å². The van der Waals surface area contributed by atoms with Crippen LogP contribution in [0.25, 0.3) is 44.0 Å². The van der Waals surface area contributed by atoms with Gasteiger partial charge in [0, 0.05) is 44.9 Å². The van der Waals surface area contributed by atoms with Crippen LogP contribution >= 0.6 is 0 Å². The predicted octanol–water partition coefficient (Wildman–Crippen LogP) is 5.93. The maximum Gasteiger partial charge on any atom is 0.248 e. The lowest BCUT2D eigenvalue weighted by Gasteiger charge is -2.07. The molecule has 0 spiro atoms. The van der Waals surface area contributed by atoms with Crippen molar-refractivity contribution in [2.75, 3.05) is 6.54 Å². The summed E-state index contributed by atoms with van der Waals surface area (Å²) in [5.74, 6) is -0.421. The Balaban J connectivity index is 1.47. The largest absolute Gasteiger partial charge is 0.455 e. The molecule has 2 aromatic heterocycles. The number of rotatable bonds is 6. The molecular weight excluding hydrogens is 434 g/mol. The summed E-state index contributed by atoms with van der Waals surface area (Å²) < 4.78 is 6.28. The third kappa shape index (κ3) is 3.66. The van der Waals surface area contributed by atoms with Crippen LogP contribution in [0, 0.1) is 0 Å². The first-order valence-corrected chi connectivity index (χ1v) is 11.8. The van der Waals surface area contributed by atoms with E-state index in [1.165, 1.54) is 5.56 Å². The zero-order valence-electron chi connectivity index (χ0n) is 19.2. The number of hydrogen-bond donors (Lipinski definition) is 3. The summed E-state index contributed by atoms with van der Waals surface area (Å²) >= 11 is 0. The van der Waals surface area contributed by atoms with Crippen LogP contribution in [0.1, 0.15) is 27.2 Å². The molecule has 4 aromatic carbocycles. The highest BCUT2D eigenvalue weighted by Crippen LogP contribution is 2.37. The van der Waals surface area contributed by atoms with E-state index in [1.807, 2.05) is 36.4 Å². The van der Waals surface area contributed by atoms with E-state index in [9.17, 15) is 4.79 Å². The van der Waals surface area contributed by atoms with Crippen LogP contribution in [0.2, 0.25) is 0 Å². The number of carbonyl (C=O) groups excluding carboxylic acids is 1. The standard InChI is InChI=1S/C30H25N3O2/c31-14-13-22-25-17-19(21-8-4-9-24-23-7-1-2-10-28(23)35-29(21)24)11-12-26(25)33-27(22)16-18-5-3-6-20(15-18)30(32)34/h1-12,15,17,33H,13-14,16,31H2,(H2,32,34). The number of carbonyl (C=O) groups is 1. The molecule has 6 aromatic rings. The highest BCUT2D eigenvalue weighted by atomic mass is 16.3. The molecule has 0 fully saturated rings. The van der Waals surface area contributed by atoms with E-state index in [1.54, 1.807) is 6.07 Å². The van der Waals surface area contributed by atoms with Crippen molar-refractivity contribution in [1.82, 2.24) is 4.98 Å². The second kappa shape index (κ2) is 8.46. The van der Waals surface area contributed by atoms with Gasteiger partial charge in [-0.25, -0.2) is 0 Å². The molecule has 0 aliphatic carbocycles. The van der Waals surface area contributed by atoms with E-state index in [2.05, 4.69) is 47.4 Å². The Hall–Kier alpha value is -4.35. The molecule has 35 heavy (non-hydrogen) atoms. The van der Waals surface area contributed by atoms with E-state index >= 15 is 0 Å². The van der Waals surface area contributed by atoms with Crippen LogP contribution in [-0.2, 0) is 12.8 Å². The minimum absolute atomic E-state index is 0.421. The number of hydrogen-bond acceptors (Lipinski definition) is 3. The van der Waals surface area contributed by atoms with Gasteiger partial charge in [-0.2, -0.15) is 0 Å². The molecule has 0 unspecified atom stereocenters. The van der Waals surface area contributed by atoms with Gasteiger partial charge in [0.15, 0.2) is 0 Å². The van der Waals surface area contributed by atoms with Gasteiger partial charge in [0.25, 0.3) is 0 Å². The molecule has 1 amide bonds. The van der Waals surface area contributed by atoms with Crippen LogP contribution in [0.15, 0.2) is 89.3 Å². The van der Waals surface area contributed by atoms with Crippen molar-refractivity contribution in [2.24, 2.45) is 11.5 Å². The fourth-order valence-electron chi connectivity index (χ4n) is 5.06. The predicted molar refractivity (Wildman–Crippen MR) is 142 cm³/mol. The minimum Gasteiger partial charge on any atom is -0.455 e. The van der Waals surface area contributed by atoms with E-state index in [0.29, 0.717) is 18.5 Å². The second-order valence-corrected chi connectivity index (χ2v) is 8.90. The van der Waals surface area contributed by atoms with Crippen molar-refractivity contribution in [3.8, 4) is 11.1 Å². The summed E-state index contributed by atoms with van der Waals surface area (Å²) in [5.41, 5.74) is 20.4. The molecule has 0 aliphatic rings. The van der Waals surface area contributed by atoms with Crippen molar-refractivity contribution in [1.29, 1.82) is 0 Å². The van der Waals surface area contributed by atoms with Crippen molar-refractivity contribution >= 4 is 38.7 Å². The molecule has 5 N–H and O–H groups in total. The number of aromatic nitrogens is 1. The Labute approximate surface area is 202 Å². The van der Waals surface area contributed by atoms with E-state index in [-0.39, 0.29) is 0 Å². The summed E-state index contributed by atoms with van der Waals surface area (Å²) in [7, 11) is 0. The molecule has 0 bridgehead atoms. The second-order valence-electron chi connectivity index (χ2n) is 8.90. The van der Waals surface area contributed by atoms with Crippen molar-refractivity contribution in [2.45, 2.75) is 12.8 Å². The van der Waals surface area contributed by atoms with Gasteiger partial charge in [-0.1, -0.05) is 54.6 Å². The van der Waals surface area contributed by atoms with Crippen molar-refractivity contribution < 1.29 is 9.21 Å². The first-order chi connectivity index (χ1) is 17.1. The number of amides is 1. The quantitative estimate of drug-likeness (QED) is 0.288.